The Balaban J connectivity index is 0.00000211. The molecule has 0 atom stereocenters. The third kappa shape index (κ3) is 10.1. The molecule has 0 aliphatic heterocycles. The zero-order valence-electron chi connectivity index (χ0n) is 14.9. The normalized spacial score (nSPS) is 11.0. The molecule has 0 aliphatic carbocycles. The fourth-order valence-corrected chi connectivity index (χ4v) is 3.35. The quantitative estimate of drug-likeness (QED) is 0.484. The molecule has 1 aromatic carbocycles. The van der Waals surface area contributed by atoms with Crippen LogP contribution in [0.4, 0.5) is 0 Å². The summed E-state index contributed by atoms with van der Waals surface area (Å²) in [6.07, 6.45) is 1.10. The largest absolute Gasteiger partial charge is 0.398 e. The molecule has 1 rings (SSSR count). The number of hydrogen-bond donors (Lipinski definition) is 2. The highest BCUT2D eigenvalue weighted by molar-refractivity contribution is 6.65. The number of benzene rings is 1. The highest BCUT2D eigenvalue weighted by Crippen LogP contribution is 2.12. The van der Waals surface area contributed by atoms with E-state index in [1.807, 2.05) is 19.9 Å². The summed E-state index contributed by atoms with van der Waals surface area (Å²) in [6, 6.07) is 11.5. The Morgan fingerprint density at radius 3 is 2.09 bits per heavy atom. The van der Waals surface area contributed by atoms with Crippen LogP contribution in [-0.2, 0) is 15.4 Å². The summed E-state index contributed by atoms with van der Waals surface area (Å²) in [5.74, 6) is 0. The predicted molar refractivity (Wildman–Crippen MR) is 97.4 cm³/mol. The van der Waals surface area contributed by atoms with E-state index in [0.717, 1.165) is 38.6 Å². The topological polar surface area (TPSA) is 42.5 Å². The van der Waals surface area contributed by atoms with Crippen molar-refractivity contribution in [3.8, 4) is 0 Å². The third-order valence-electron chi connectivity index (χ3n) is 3.50. The van der Waals surface area contributed by atoms with Crippen molar-refractivity contribution in [3.63, 3.8) is 0 Å². The van der Waals surface area contributed by atoms with Crippen LogP contribution in [0.15, 0.2) is 30.3 Å². The first-order valence-corrected chi connectivity index (χ1v) is 10.8. The molecule has 0 radical (unpaired) electrons. The van der Waals surface area contributed by atoms with Gasteiger partial charge in [-0.15, -0.1) is 0 Å². The van der Waals surface area contributed by atoms with E-state index in [0.29, 0.717) is 0 Å². The molecule has 0 fully saturated rings. The smallest absolute Gasteiger partial charge is 0.334 e. The molecule has 0 amide bonds. The van der Waals surface area contributed by atoms with Crippen molar-refractivity contribution in [2.45, 2.75) is 39.4 Å². The predicted octanol–water partition coefficient (Wildman–Crippen LogP) is 3.15. The van der Waals surface area contributed by atoms with E-state index >= 15 is 0 Å². The van der Waals surface area contributed by atoms with Crippen LogP contribution in [0.3, 0.4) is 0 Å². The zero-order chi connectivity index (χ0) is 16.7. The van der Waals surface area contributed by atoms with Gasteiger partial charge >= 0.3 is 8.56 Å². The molecule has 0 aliphatic rings. The van der Waals surface area contributed by atoms with E-state index in [-0.39, 0.29) is 0 Å². The fourth-order valence-electron chi connectivity index (χ4n) is 1.95. The molecule has 0 aromatic heterocycles. The summed E-state index contributed by atoms with van der Waals surface area (Å²) in [5.41, 5.74) is 1.33. The second-order valence-corrected chi connectivity index (χ2v) is 8.64. The average molecular weight is 327 g/mol. The van der Waals surface area contributed by atoms with Crippen LogP contribution in [0.1, 0.15) is 25.8 Å². The average Bonchev–Trinajstić information content (AvgIpc) is 2.59. The SMILES string of the molecule is CC.CO[Si](C)(CCCNCCNCc1ccccc1)OC. The second-order valence-electron chi connectivity index (χ2n) is 5.06. The molecule has 0 bridgehead atoms. The van der Waals surface area contributed by atoms with E-state index in [1.54, 1.807) is 14.2 Å². The van der Waals surface area contributed by atoms with E-state index in [1.165, 1.54) is 5.56 Å². The van der Waals surface area contributed by atoms with Gasteiger partial charge in [0.2, 0.25) is 0 Å². The molecule has 0 unspecified atom stereocenters. The molecule has 22 heavy (non-hydrogen) atoms. The highest BCUT2D eigenvalue weighted by atomic mass is 28.4. The van der Waals surface area contributed by atoms with E-state index in [4.69, 9.17) is 8.85 Å². The van der Waals surface area contributed by atoms with Gasteiger partial charge in [0.1, 0.15) is 0 Å². The van der Waals surface area contributed by atoms with E-state index < -0.39 is 8.56 Å². The van der Waals surface area contributed by atoms with Gasteiger partial charge in [0.25, 0.3) is 0 Å². The fraction of sp³-hybridized carbons (Fsp3) is 0.647. The van der Waals surface area contributed by atoms with Crippen molar-refractivity contribution in [2.75, 3.05) is 33.9 Å². The molecule has 0 heterocycles. The Kier molecular flexibility index (Phi) is 13.4. The van der Waals surface area contributed by atoms with Gasteiger partial charge in [0.05, 0.1) is 0 Å². The van der Waals surface area contributed by atoms with Crippen LogP contribution < -0.4 is 10.6 Å². The van der Waals surface area contributed by atoms with Gasteiger partial charge in [-0.05, 0) is 31.1 Å². The van der Waals surface area contributed by atoms with Crippen molar-refractivity contribution in [1.82, 2.24) is 10.6 Å². The Morgan fingerprint density at radius 2 is 1.50 bits per heavy atom. The number of rotatable bonds is 11. The van der Waals surface area contributed by atoms with E-state index in [2.05, 4.69) is 41.4 Å². The van der Waals surface area contributed by atoms with Gasteiger partial charge < -0.3 is 19.5 Å². The number of nitrogens with one attached hydrogen (secondary N) is 2. The molecule has 0 saturated heterocycles. The monoisotopic (exact) mass is 326 g/mol. The molecule has 1 aromatic rings. The van der Waals surface area contributed by atoms with Crippen LogP contribution in [0.25, 0.3) is 0 Å². The van der Waals surface area contributed by atoms with Gasteiger partial charge in [-0.1, -0.05) is 44.2 Å². The van der Waals surface area contributed by atoms with Crippen LogP contribution in [0.2, 0.25) is 12.6 Å². The highest BCUT2D eigenvalue weighted by Gasteiger charge is 2.27. The lowest BCUT2D eigenvalue weighted by Gasteiger charge is -2.22. The van der Waals surface area contributed by atoms with Crippen molar-refractivity contribution in [2.24, 2.45) is 0 Å². The maximum Gasteiger partial charge on any atom is 0.334 e. The molecular formula is C17H34N2O2Si. The molecule has 0 saturated carbocycles. The Labute approximate surface area is 137 Å². The minimum Gasteiger partial charge on any atom is -0.398 e. The second kappa shape index (κ2) is 13.9. The lowest BCUT2D eigenvalue weighted by atomic mass is 10.2. The first-order chi connectivity index (χ1) is 10.7. The maximum absolute atomic E-state index is 5.46. The van der Waals surface area contributed by atoms with Crippen LogP contribution in [-0.4, -0.2) is 42.4 Å². The van der Waals surface area contributed by atoms with Gasteiger partial charge in [-0.2, -0.15) is 0 Å². The lowest BCUT2D eigenvalue weighted by Crippen LogP contribution is -2.37. The van der Waals surface area contributed by atoms with Crippen molar-refractivity contribution in [1.29, 1.82) is 0 Å². The summed E-state index contributed by atoms with van der Waals surface area (Å²) < 4.78 is 10.9. The first-order valence-electron chi connectivity index (χ1n) is 8.26. The van der Waals surface area contributed by atoms with Crippen LogP contribution in [0.5, 0.6) is 0 Å². The lowest BCUT2D eigenvalue weighted by molar-refractivity contribution is 0.248. The summed E-state index contributed by atoms with van der Waals surface area (Å²) in [4.78, 5) is 0. The molecule has 4 nitrogen and oxygen atoms in total. The van der Waals surface area contributed by atoms with Crippen molar-refractivity contribution in [3.05, 3.63) is 35.9 Å². The van der Waals surface area contributed by atoms with Crippen LogP contribution in [0, 0.1) is 0 Å². The van der Waals surface area contributed by atoms with Gasteiger partial charge in [-0.3, -0.25) is 0 Å². The molecular weight excluding hydrogens is 292 g/mol. The summed E-state index contributed by atoms with van der Waals surface area (Å²) in [5, 5.41) is 6.87. The zero-order valence-corrected chi connectivity index (χ0v) is 15.9. The van der Waals surface area contributed by atoms with Crippen LogP contribution >= 0.6 is 0 Å². The summed E-state index contributed by atoms with van der Waals surface area (Å²) in [6.45, 7) is 10.0. The van der Waals surface area contributed by atoms with E-state index in [9.17, 15) is 0 Å². The molecule has 128 valence electrons. The molecule has 2 N–H and O–H groups in total. The Hall–Kier alpha value is -0.723. The molecule has 5 heteroatoms. The van der Waals surface area contributed by atoms with Gasteiger partial charge in [0.15, 0.2) is 0 Å². The number of hydrogen-bond acceptors (Lipinski definition) is 4. The first kappa shape index (κ1) is 21.3. The summed E-state index contributed by atoms with van der Waals surface area (Å²) in [7, 11) is 1.62. The minimum absolute atomic E-state index is 0.931. The van der Waals surface area contributed by atoms with Gasteiger partial charge in [0, 0.05) is 33.9 Å². The standard InChI is InChI=1S/C15H28N2O2Si.C2H6/c1-18-20(3,19-2)13-7-10-16-11-12-17-14-15-8-5-4-6-9-15;1-2/h4-6,8-9,16-17H,7,10-14H2,1-3H3;1-2H3. The Morgan fingerprint density at radius 1 is 0.909 bits per heavy atom. The van der Waals surface area contributed by atoms with Crippen molar-refractivity contribution >= 4 is 8.56 Å². The Bertz CT molecular complexity index is 346. The third-order valence-corrected chi connectivity index (χ3v) is 6.49. The molecule has 0 spiro atoms. The summed E-state index contributed by atoms with van der Waals surface area (Å²) >= 11 is 0. The van der Waals surface area contributed by atoms with Crippen molar-refractivity contribution < 1.29 is 8.85 Å². The maximum atomic E-state index is 5.46. The van der Waals surface area contributed by atoms with Gasteiger partial charge in [-0.25, -0.2) is 0 Å². The minimum atomic E-state index is -1.87.